The van der Waals surface area contributed by atoms with Crippen LogP contribution in [-0.4, -0.2) is 28.2 Å². The molecule has 26 heavy (non-hydrogen) atoms. The summed E-state index contributed by atoms with van der Waals surface area (Å²) < 4.78 is 5.07. The molecular formula is C17H17ClN4O3S. The van der Waals surface area contributed by atoms with Crippen LogP contribution in [0.2, 0.25) is 5.02 Å². The second-order valence-electron chi connectivity index (χ2n) is 5.26. The van der Waals surface area contributed by atoms with Crippen LogP contribution in [0.3, 0.4) is 0 Å². The fourth-order valence-corrected chi connectivity index (χ4v) is 3.21. The summed E-state index contributed by atoms with van der Waals surface area (Å²) in [4.78, 5) is 31.1. The average Bonchev–Trinajstić information content (AvgIpc) is 2.61. The van der Waals surface area contributed by atoms with E-state index in [2.05, 4.69) is 15.3 Å². The number of aryl methyl sites for hydroxylation is 1. The number of carbonyl (C=O) groups is 1. The van der Waals surface area contributed by atoms with Crippen LogP contribution in [0.4, 0.5) is 5.69 Å². The smallest absolute Gasteiger partial charge is 0.269 e. The van der Waals surface area contributed by atoms with Gasteiger partial charge in [0.25, 0.3) is 5.56 Å². The lowest BCUT2D eigenvalue weighted by atomic mass is 10.2. The van der Waals surface area contributed by atoms with Crippen LogP contribution in [0.5, 0.6) is 5.75 Å². The molecule has 2 rings (SSSR count). The zero-order valence-corrected chi connectivity index (χ0v) is 16.0. The number of rotatable bonds is 6. The Morgan fingerprint density at radius 1 is 1.54 bits per heavy atom. The lowest BCUT2D eigenvalue weighted by molar-refractivity contribution is -0.115. The quantitative estimate of drug-likeness (QED) is 0.578. The number of anilines is 1. The molecule has 0 bridgehead atoms. The Kier molecular flexibility index (Phi) is 6.66. The number of aromatic nitrogens is 2. The molecule has 2 aromatic rings. The molecule has 0 aliphatic rings. The molecule has 0 saturated carbocycles. The van der Waals surface area contributed by atoms with E-state index in [0.29, 0.717) is 33.7 Å². The van der Waals surface area contributed by atoms with Crippen LogP contribution in [0, 0.1) is 11.3 Å². The normalized spacial score (nSPS) is 11.5. The summed E-state index contributed by atoms with van der Waals surface area (Å²) in [7, 11) is 1.51. The monoisotopic (exact) mass is 392 g/mol. The molecule has 1 aromatic carbocycles. The number of hydrogen-bond acceptors (Lipinski definition) is 6. The number of benzene rings is 1. The van der Waals surface area contributed by atoms with Crippen molar-refractivity contribution in [1.82, 2.24) is 9.97 Å². The number of thioether (sulfide) groups is 1. The summed E-state index contributed by atoms with van der Waals surface area (Å²) in [6.45, 7) is 3.50. The van der Waals surface area contributed by atoms with Crippen LogP contribution in [0.1, 0.15) is 25.1 Å². The Labute approximate surface area is 159 Å². The summed E-state index contributed by atoms with van der Waals surface area (Å²) in [6.07, 6.45) is 0.450. The molecule has 1 amide bonds. The zero-order valence-electron chi connectivity index (χ0n) is 14.4. The van der Waals surface area contributed by atoms with Crippen molar-refractivity contribution in [3.63, 3.8) is 0 Å². The van der Waals surface area contributed by atoms with Crippen LogP contribution in [-0.2, 0) is 11.2 Å². The van der Waals surface area contributed by atoms with Crippen molar-refractivity contribution < 1.29 is 9.53 Å². The first-order valence-electron chi connectivity index (χ1n) is 7.73. The van der Waals surface area contributed by atoms with E-state index in [1.54, 1.807) is 32.0 Å². The lowest BCUT2D eigenvalue weighted by Gasteiger charge is -2.13. The molecule has 9 heteroatoms. The van der Waals surface area contributed by atoms with Crippen molar-refractivity contribution in [2.24, 2.45) is 0 Å². The van der Waals surface area contributed by atoms with E-state index in [1.807, 2.05) is 6.07 Å². The van der Waals surface area contributed by atoms with Crippen molar-refractivity contribution >= 4 is 35.0 Å². The summed E-state index contributed by atoms with van der Waals surface area (Å²) in [6, 6.07) is 6.77. The molecule has 0 saturated heterocycles. The number of nitrogens with zero attached hydrogens (tertiary/aromatic N) is 2. The summed E-state index contributed by atoms with van der Waals surface area (Å²) in [5, 5.41) is 11.9. The Morgan fingerprint density at radius 3 is 2.85 bits per heavy atom. The SMILES string of the molecule is CCc1nc(S[C@@H](C)C(=O)Nc2ccc(OC)c(Cl)c2)[nH]c(=O)c1C#N. The van der Waals surface area contributed by atoms with E-state index in [4.69, 9.17) is 21.6 Å². The highest BCUT2D eigenvalue weighted by molar-refractivity contribution is 8.00. The highest BCUT2D eigenvalue weighted by Crippen LogP contribution is 2.28. The molecular weight excluding hydrogens is 376 g/mol. The van der Waals surface area contributed by atoms with E-state index in [0.717, 1.165) is 11.8 Å². The number of hydrogen-bond donors (Lipinski definition) is 2. The summed E-state index contributed by atoms with van der Waals surface area (Å²) >= 11 is 7.14. The molecule has 7 nitrogen and oxygen atoms in total. The third-order valence-corrected chi connectivity index (χ3v) is 4.78. The van der Waals surface area contributed by atoms with Gasteiger partial charge in [0.2, 0.25) is 5.91 Å². The molecule has 1 aromatic heterocycles. The molecule has 0 spiro atoms. The number of halogens is 1. The van der Waals surface area contributed by atoms with Gasteiger partial charge in [0.05, 0.1) is 23.1 Å². The average molecular weight is 393 g/mol. The Hall–Kier alpha value is -2.50. The van der Waals surface area contributed by atoms with Crippen molar-refractivity contribution in [2.45, 2.75) is 30.7 Å². The van der Waals surface area contributed by atoms with E-state index >= 15 is 0 Å². The third-order valence-electron chi connectivity index (χ3n) is 3.50. The fraction of sp³-hybridized carbons (Fsp3) is 0.294. The zero-order chi connectivity index (χ0) is 19.3. The standard InChI is InChI=1S/C17H17ClN4O3S/c1-4-13-11(8-19)16(24)22-17(21-13)26-9(2)15(23)20-10-5-6-14(25-3)12(18)7-10/h5-7,9H,4H2,1-3H3,(H,20,23)(H,21,22,24)/t9-/m0/s1. The number of ether oxygens (including phenoxy) is 1. The number of aromatic amines is 1. The molecule has 0 unspecified atom stereocenters. The van der Waals surface area contributed by atoms with Gasteiger partial charge in [-0.15, -0.1) is 0 Å². The first-order chi connectivity index (χ1) is 12.4. The first kappa shape index (κ1) is 19.8. The molecule has 136 valence electrons. The minimum Gasteiger partial charge on any atom is -0.495 e. The minimum atomic E-state index is -0.531. The molecule has 0 radical (unpaired) electrons. The second-order valence-corrected chi connectivity index (χ2v) is 6.99. The number of carbonyl (C=O) groups excluding carboxylic acids is 1. The summed E-state index contributed by atoms with van der Waals surface area (Å²) in [5.41, 5.74) is 0.440. The Morgan fingerprint density at radius 2 is 2.27 bits per heavy atom. The fourth-order valence-electron chi connectivity index (χ4n) is 2.13. The van der Waals surface area contributed by atoms with E-state index < -0.39 is 10.8 Å². The minimum absolute atomic E-state index is 0.00169. The van der Waals surface area contributed by atoms with Crippen LogP contribution in [0.15, 0.2) is 28.2 Å². The van der Waals surface area contributed by atoms with Crippen LogP contribution < -0.4 is 15.6 Å². The number of nitrogens with one attached hydrogen (secondary N) is 2. The van der Waals surface area contributed by atoms with Gasteiger partial charge in [0, 0.05) is 5.69 Å². The van der Waals surface area contributed by atoms with E-state index in [9.17, 15) is 9.59 Å². The predicted molar refractivity (Wildman–Crippen MR) is 101 cm³/mol. The maximum absolute atomic E-state index is 12.4. The molecule has 0 aliphatic carbocycles. The van der Waals surface area contributed by atoms with Gasteiger partial charge in [-0.1, -0.05) is 30.3 Å². The highest BCUT2D eigenvalue weighted by Gasteiger charge is 2.18. The highest BCUT2D eigenvalue weighted by atomic mass is 35.5. The van der Waals surface area contributed by atoms with Gasteiger partial charge in [-0.2, -0.15) is 5.26 Å². The van der Waals surface area contributed by atoms with Gasteiger partial charge in [-0.25, -0.2) is 4.98 Å². The number of nitriles is 1. The predicted octanol–water partition coefficient (Wildman–Crippen LogP) is 2.99. The van der Waals surface area contributed by atoms with Crippen LogP contribution >= 0.6 is 23.4 Å². The number of amides is 1. The van der Waals surface area contributed by atoms with Crippen molar-refractivity contribution in [2.75, 3.05) is 12.4 Å². The molecule has 0 aliphatic heterocycles. The van der Waals surface area contributed by atoms with Gasteiger partial charge < -0.3 is 15.0 Å². The van der Waals surface area contributed by atoms with E-state index in [1.165, 1.54) is 7.11 Å². The number of methoxy groups -OCH3 is 1. The van der Waals surface area contributed by atoms with Crippen LogP contribution in [0.25, 0.3) is 0 Å². The summed E-state index contributed by atoms with van der Waals surface area (Å²) in [5.74, 6) is 0.236. The lowest BCUT2D eigenvalue weighted by Crippen LogP contribution is -2.24. The Balaban J connectivity index is 2.12. The largest absolute Gasteiger partial charge is 0.495 e. The number of H-pyrrole nitrogens is 1. The topological polar surface area (TPSA) is 108 Å². The molecule has 1 atom stereocenters. The Bertz CT molecular complexity index is 923. The van der Waals surface area contributed by atoms with Crippen molar-refractivity contribution in [1.29, 1.82) is 5.26 Å². The molecule has 1 heterocycles. The van der Waals surface area contributed by atoms with Gasteiger partial charge in [0.1, 0.15) is 17.4 Å². The van der Waals surface area contributed by atoms with Crippen molar-refractivity contribution in [3.8, 4) is 11.8 Å². The first-order valence-corrected chi connectivity index (χ1v) is 8.99. The van der Waals surface area contributed by atoms with Gasteiger partial charge in [-0.05, 0) is 31.5 Å². The van der Waals surface area contributed by atoms with Gasteiger partial charge in [0.15, 0.2) is 5.16 Å². The second kappa shape index (κ2) is 8.74. The molecule has 0 fully saturated rings. The maximum atomic E-state index is 12.4. The third kappa shape index (κ3) is 4.56. The van der Waals surface area contributed by atoms with E-state index in [-0.39, 0.29) is 11.5 Å². The van der Waals surface area contributed by atoms with Crippen molar-refractivity contribution in [3.05, 3.63) is 44.8 Å². The maximum Gasteiger partial charge on any atom is 0.269 e. The van der Waals surface area contributed by atoms with Gasteiger partial charge >= 0.3 is 0 Å². The van der Waals surface area contributed by atoms with Gasteiger partial charge in [-0.3, -0.25) is 9.59 Å². The molecule has 2 N–H and O–H groups in total.